The van der Waals surface area contributed by atoms with Gasteiger partial charge in [0.1, 0.15) is 0 Å². The lowest BCUT2D eigenvalue weighted by Crippen LogP contribution is -2.41. The molecule has 0 atom stereocenters. The summed E-state index contributed by atoms with van der Waals surface area (Å²) in [6, 6.07) is 6.98. The summed E-state index contributed by atoms with van der Waals surface area (Å²) in [5.74, 6) is -3.52. The molecule has 1 aromatic carbocycles. The van der Waals surface area contributed by atoms with E-state index in [0.717, 1.165) is 25.7 Å². The van der Waals surface area contributed by atoms with Crippen LogP contribution < -0.4 is 11.1 Å². The van der Waals surface area contributed by atoms with Crippen molar-refractivity contribution in [1.82, 2.24) is 10.2 Å². The lowest BCUT2D eigenvalue weighted by atomic mass is 9.94. The molecule has 0 unspecified atom stereocenters. The van der Waals surface area contributed by atoms with Crippen molar-refractivity contribution in [2.24, 2.45) is 5.73 Å². The zero-order valence-electron chi connectivity index (χ0n) is 15.5. The van der Waals surface area contributed by atoms with E-state index in [0.29, 0.717) is 4.90 Å². The summed E-state index contributed by atoms with van der Waals surface area (Å²) in [7, 11) is 1.83. The smallest absolute Gasteiger partial charge is 0.277 e. The Morgan fingerprint density at radius 2 is 1.93 bits per heavy atom. The summed E-state index contributed by atoms with van der Waals surface area (Å²) >= 11 is 1.25. The van der Waals surface area contributed by atoms with Gasteiger partial charge < -0.3 is 16.0 Å². The number of nitrogens with two attached hydrogens (primary N) is 1. The van der Waals surface area contributed by atoms with Crippen molar-refractivity contribution in [1.29, 1.82) is 0 Å². The number of amides is 2. The van der Waals surface area contributed by atoms with Gasteiger partial charge in [-0.1, -0.05) is 31.4 Å². The number of benzene rings is 1. The van der Waals surface area contributed by atoms with Gasteiger partial charge in [0.25, 0.3) is 11.8 Å². The summed E-state index contributed by atoms with van der Waals surface area (Å²) in [6.07, 6.45) is 5.57. The molecule has 3 N–H and O–H groups in total. The number of hydrogen-bond acceptors (Lipinski definition) is 4. The molecule has 1 aliphatic carbocycles. The van der Waals surface area contributed by atoms with E-state index in [-0.39, 0.29) is 23.3 Å². The van der Waals surface area contributed by atoms with E-state index in [4.69, 9.17) is 5.73 Å². The average Bonchev–Trinajstić information content (AvgIpc) is 2.70. The molecule has 2 rings (SSSR count). The Bertz CT molecular complexity index is 652. The monoisotopic (exact) mass is 399 g/mol. The molecule has 0 bridgehead atoms. The lowest BCUT2D eigenvalue weighted by Gasteiger charge is -2.31. The molecule has 1 aromatic rings. The van der Waals surface area contributed by atoms with Crippen LogP contribution in [0, 0.1) is 0 Å². The van der Waals surface area contributed by atoms with E-state index in [1.165, 1.54) is 18.2 Å². The number of nitrogens with zero attached hydrogens (tertiary/aromatic N) is 1. The molecule has 0 aliphatic heterocycles. The summed E-state index contributed by atoms with van der Waals surface area (Å²) in [5, 5.41) is 2.22. The average molecular weight is 400 g/mol. The highest BCUT2D eigenvalue weighted by molar-refractivity contribution is 8.00. The van der Waals surface area contributed by atoms with Crippen molar-refractivity contribution in [2.45, 2.75) is 49.0 Å². The SMILES string of the molecule is CN(C(=O)CSc1ccccc1C(=O)NCC(F)(F)CN)C1CCCCC1. The number of alkyl halides is 2. The van der Waals surface area contributed by atoms with Crippen molar-refractivity contribution < 1.29 is 18.4 Å². The second-order valence-electron chi connectivity index (χ2n) is 6.82. The van der Waals surface area contributed by atoms with Crippen LogP contribution in [0.2, 0.25) is 0 Å². The number of carbonyl (C=O) groups is 2. The minimum Gasteiger partial charge on any atom is -0.346 e. The highest BCUT2D eigenvalue weighted by Crippen LogP contribution is 2.26. The van der Waals surface area contributed by atoms with Gasteiger partial charge in [-0.25, -0.2) is 8.78 Å². The highest BCUT2D eigenvalue weighted by Gasteiger charge is 2.28. The predicted octanol–water partition coefficient (Wildman–Crippen LogP) is 2.89. The fourth-order valence-corrected chi connectivity index (χ4v) is 4.04. The van der Waals surface area contributed by atoms with Gasteiger partial charge >= 0.3 is 0 Å². The summed E-state index contributed by atoms with van der Waals surface area (Å²) in [4.78, 5) is 27.1. The summed E-state index contributed by atoms with van der Waals surface area (Å²) < 4.78 is 26.5. The highest BCUT2D eigenvalue weighted by atomic mass is 32.2. The first-order valence-electron chi connectivity index (χ1n) is 9.17. The minimum absolute atomic E-state index is 0.0109. The molecule has 8 heteroatoms. The van der Waals surface area contributed by atoms with Gasteiger partial charge in [-0.05, 0) is 25.0 Å². The van der Waals surface area contributed by atoms with Crippen LogP contribution in [0.15, 0.2) is 29.2 Å². The van der Waals surface area contributed by atoms with Crippen molar-refractivity contribution in [3.8, 4) is 0 Å². The van der Waals surface area contributed by atoms with Crippen LogP contribution in [0.25, 0.3) is 0 Å². The van der Waals surface area contributed by atoms with Gasteiger partial charge in [0.05, 0.1) is 24.4 Å². The predicted molar refractivity (Wildman–Crippen MR) is 103 cm³/mol. The zero-order valence-corrected chi connectivity index (χ0v) is 16.4. The van der Waals surface area contributed by atoms with E-state index in [1.54, 1.807) is 29.2 Å². The molecule has 0 heterocycles. The van der Waals surface area contributed by atoms with Gasteiger partial charge in [-0.3, -0.25) is 9.59 Å². The van der Waals surface area contributed by atoms with E-state index in [1.807, 2.05) is 7.05 Å². The molecule has 150 valence electrons. The molecule has 1 aliphatic rings. The maximum atomic E-state index is 13.3. The molecule has 1 saturated carbocycles. The van der Waals surface area contributed by atoms with Crippen molar-refractivity contribution in [2.75, 3.05) is 25.9 Å². The molecule has 0 saturated heterocycles. The van der Waals surface area contributed by atoms with Crippen LogP contribution in [0.5, 0.6) is 0 Å². The van der Waals surface area contributed by atoms with Crippen LogP contribution in [-0.4, -0.2) is 54.6 Å². The van der Waals surface area contributed by atoms with E-state index in [9.17, 15) is 18.4 Å². The Balaban J connectivity index is 1.94. The molecular weight excluding hydrogens is 372 g/mol. The Kier molecular flexibility index (Phi) is 8.04. The Morgan fingerprint density at radius 3 is 2.59 bits per heavy atom. The number of nitrogens with one attached hydrogen (secondary N) is 1. The number of carbonyl (C=O) groups excluding carboxylic acids is 2. The largest absolute Gasteiger partial charge is 0.346 e. The first kappa shape index (κ1) is 21.6. The first-order valence-corrected chi connectivity index (χ1v) is 10.2. The fourth-order valence-electron chi connectivity index (χ4n) is 3.07. The molecule has 1 fully saturated rings. The molecule has 0 spiro atoms. The van der Waals surface area contributed by atoms with Gasteiger partial charge in [0.2, 0.25) is 5.91 Å². The molecule has 0 aromatic heterocycles. The molecule has 27 heavy (non-hydrogen) atoms. The third-order valence-corrected chi connectivity index (χ3v) is 5.86. The molecule has 5 nitrogen and oxygen atoms in total. The summed E-state index contributed by atoms with van der Waals surface area (Å²) in [6.45, 7) is -1.64. The maximum absolute atomic E-state index is 13.3. The Morgan fingerprint density at radius 1 is 1.26 bits per heavy atom. The molecular formula is C19H27F2N3O2S. The van der Waals surface area contributed by atoms with E-state index >= 15 is 0 Å². The van der Waals surface area contributed by atoms with Crippen LogP contribution in [0.3, 0.4) is 0 Å². The number of thioether (sulfide) groups is 1. The maximum Gasteiger partial charge on any atom is 0.277 e. The van der Waals surface area contributed by atoms with Gasteiger partial charge in [-0.15, -0.1) is 11.8 Å². The van der Waals surface area contributed by atoms with Gasteiger partial charge in [0, 0.05) is 18.0 Å². The molecule has 2 amide bonds. The minimum atomic E-state index is -3.14. The Hall–Kier alpha value is -1.67. The van der Waals surface area contributed by atoms with Crippen molar-refractivity contribution in [3.05, 3.63) is 29.8 Å². The number of halogens is 2. The topological polar surface area (TPSA) is 75.4 Å². The third-order valence-electron chi connectivity index (χ3n) is 4.80. The van der Waals surface area contributed by atoms with Gasteiger partial charge in [0.15, 0.2) is 0 Å². The number of rotatable bonds is 8. The quantitative estimate of drug-likeness (QED) is 0.659. The van der Waals surface area contributed by atoms with Crippen LogP contribution in [0.1, 0.15) is 42.5 Å². The van der Waals surface area contributed by atoms with Crippen molar-refractivity contribution in [3.63, 3.8) is 0 Å². The normalized spacial score (nSPS) is 15.4. The fraction of sp³-hybridized carbons (Fsp3) is 0.579. The van der Waals surface area contributed by atoms with Crippen molar-refractivity contribution >= 4 is 23.6 Å². The summed E-state index contributed by atoms with van der Waals surface area (Å²) in [5.41, 5.74) is 5.27. The lowest BCUT2D eigenvalue weighted by molar-refractivity contribution is -0.129. The second kappa shape index (κ2) is 10.0. The third kappa shape index (κ3) is 6.46. The molecule has 0 radical (unpaired) electrons. The number of hydrogen-bond donors (Lipinski definition) is 2. The van der Waals surface area contributed by atoms with Crippen LogP contribution in [-0.2, 0) is 4.79 Å². The van der Waals surface area contributed by atoms with Crippen LogP contribution >= 0.6 is 11.8 Å². The zero-order chi connectivity index (χ0) is 19.9. The Labute approximate surface area is 163 Å². The first-order chi connectivity index (χ1) is 12.8. The van der Waals surface area contributed by atoms with Crippen LogP contribution in [0.4, 0.5) is 8.78 Å². The van der Waals surface area contributed by atoms with E-state index in [2.05, 4.69) is 5.32 Å². The standard InChI is InChI=1S/C19H27F2N3O2S/c1-24(14-7-3-2-4-8-14)17(25)11-27-16-10-6-5-9-15(16)18(26)23-13-19(20,21)12-22/h5-6,9-10,14H,2-4,7-8,11-13,22H2,1H3,(H,23,26). The van der Waals surface area contributed by atoms with Gasteiger partial charge in [-0.2, -0.15) is 0 Å². The van der Waals surface area contributed by atoms with E-state index < -0.39 is 24.9 Å². The second-order valence-corrected chi connectivity index (χ2v) is 7.84.